The van der Waals surface area contributed by atoms with Crippen molar-refractivity contribution < 1.29 is 4.21 Å². The highest BCUT2D eigenvalue weighted by Crippen LogP contribution is 2.28. The zero-order valence-electron chi connectivity index (χ0n) is 11.4. The highest BCUT2D eigenvalue weighted by Gasteiger charge is 2.28. The summed E-state index contributed by atoms with van der Waals surface area (Å²) in [4.78, 5) is 0.787. The van der Waals surface area contributed by atoms with E-state index in [2.05, 4.69) is 5.32 Å². The molecule has 1 aromatic carbocycles. The van der Waals surface area contributed by atoms with Crippen molar-refractivity contribution >= 4 is 22.4 Å². The van der Waals surface area contributed by atoms with E-state index in [1.165, 1.54) is 25.7 Å². The molecule has 2 nitrogen and oxygen atoms in total. The van der Waals surface area contributed by atoms with Crippen LogP contribution in [-0.2, 0) is 10.8 Å². The summed E-state index contributed by atoms with van der Waals surface area (Å²) in [6.07, 6.45) is 7.07. The maximum absolute atomic E-state index is 12.8. The Morgan fingerprint density at radius 1 is 1.16 bits per heavy atom. The minimum atomic E-state index is -1.02. The Kier molecular flexibility index (Phi) is 5.86. The zero-order chi connectivity index (χ0) is 13.7. The molecule has 19 heavy (non-hydrogen) atoms. The Hall–Kier alpha value is -0.380. The summed E-state index contributed by atoms with van der Waals surface area (Å²) < 4.78 is 12.8. The number of rotatable bonds is 3. The molecule has 0 radical (unpaired) electrons. The molecule has 0 aliphatic heterocycles. The first-order chi connectivity index (χ1) is 9.24. The topological polar surface area (TPSA) is 29.1 Å². The van der Waals surface area contributed by atoms with Crippen LogP contribution in [0.15, 0.2) is 29.2 Å². The van der Waals surface area contributed by atoms with Gasteiger partial charge in [0.25, 0.3) is 0 Å². The molecule has 0 spiro atoms. The Labute approximate surface area is 123 Å². The minimum absolute atomic E-state index is 0.171. The van der Waals surface area contributed by atoms with Gasteiger partial charge in [-0.05, 0) is 32.0 Å². The molecule has 1 aromatic rings. The Morgan fingerprint density at radius 2 is 1.84 bits per heavy atom. The molecular formula is C15H22ClNOS. The van der Waals surface area contributed by atoms with Crippen molar-refractivity contribution in [2.24, 2.45) is 0 Å². The van der Waals surface area contributed by atoms with Gasteiger partial charge in [-0.25, -0.2) is 0 Å². The molecule has 106 valence electrons. The summed E-state index contributed by atoms with van der Waals surface area (Å²) in [6, 6.07) is 7.85. The fourth-order valence-corrected chi connectivity index (χ4v) is 4.92. The third-order valence-electron chi connectivity index (χ3n) is 3.90. The van der Waals surface area contributed by atoms with Gasteiger partial charge in [-0.1, -0.05) is 49.4 Å². The Balaban J connectivity index is 2.21. The standard InChI is InChI=1S/C15H22ClNOS/c1-17-13-9-4-2-3-5-11-15(13)19(18)14-10-7-6-8-12(14)16/h6-8,10,13,15,17H,2-5,9,11H2,1H3. The summed E-state index contributed by atoms with van der Waals surface area (Å²) >= 11 is 6.19. The van der Waals surface area contributed by atoms with Crippen molar-refractivity contribution in [2.45, 2.75) is 54.7 Å². The summed E-state index contributed by atoms with van der Waals surface area (Å²) in [5.41, 5.74) is 0. The van der Waals surface area contributed by atoms with Crippen molar-refractivity contribution in [3.8, 4) is 0 Å². The molecule has 0 amide bonds. The molecule has 0 saturated heterocycles. The van der Waals surface area contributed by atoms with Crippen LogP contribution in [0.1, 0.15) is 38.5 Å². The molecule has 3 unspecified atom stereocenters. The average Bonchev–Trinajstić information content (AvgIpc) is 2.39. The van der Waals surface area contributed by atoms with E-state index in [0.717, 1.165) is 17.7 Å². The lowest BCUT2D eigenvalue weighted by Gasteiger charge is -2.28. The Bertz CT molecular complexity index is 438. The van der Waals surface area contributed by atoms with Crippen molar-refractivity contribution in [2.75, 3.05) is 7.05 Å². The second-order valence-corrected chi connectivity index (χ2v) is 7.20. The van der Waals surface area contributed by atoms with Crippen molar-refractivity contribution in [1.29, 1.82) is 0 Å². The predicted octanol–water partition coefficient (Wildman–Crippen LogP) is 3.76. The van der Waals surface area contributed by atoms with Crippen LogP contribution in [0, 0.1) is 0 Å². The molecule has 1 N–H and O–H groups in total. The molecule has 2 rings (SSSR count). The van der Waals surface area contributed by atoms with Gasteiger partial charge in [-0.2, -0.15) is 0 Å². The first kappa shape index (κ1) is 15.0. The quantitative estimate of drug-likeness (QED) is 0.921. The van der Waals surface area contributed by atoms with Gasteiger partial charge in [0.05, 0.1) is 26.0 Å². The molecule has 1 fully saturated rings. The molecule has 1 aliphatic rings. The molecule has 1 aliphatic carbocycles. The van der Waals surface area contributed by atoms with Crippen LogP contribution in [0.5, 0.6) is 0 Å². The number of benzene rings is 1. The van der Waals surface area contributed by atoms with Crippen LogP contribution in [-0.4, -0.2) is 22.5 Å². The predicted molar refractivity (Wildman–Crippen MR) is 82.2 cm³/mol. The lowest BCUT2D eigenvalue weighted by Crippen LogP contribution is -2.41. The van der Waals surface area contributed by atoms with Crippen LogP contribution in [0.25, 0.3) is 0 Å². The van der Waals surface area contributed by atoms with E-state index in [1.54, 1.807) is 0 Å². The first-order valence-corrected chi connectivity index (χ1v) is 8.65. The molecule has 4 heteroatoms. The van der Waals surface area contributed by atoms with E-state index in [0.29, 0.717) is 11.1 Å². The van der Waals surface area contributed by atoms with Gasteiger partial charge in [0.1, 0.15) is 0 Å². The molecule has 0 aromatic heterocycles. The van der Waals surface area contributed by atoms with E-state index < -0.39 is 10.8 Å². The lowest BCUT2D eigenvalue weighted by atomic mass is 9.96. The SMILES string of the molecule is CNC1CCCCCCC1S(=O)c1ccccc1Cl. The molecular weight excluding hydrogens is 278 g/mol. The Morgan fingerprint density at radius 3 is 2.53 bits per heavy atom. The monoisotopic (exact) mass is 299 g/mol. The number of nitrogens with one attached hydrogen (secondary N) is 1. The van der Waals surface area contributed by atoms with E-state index >= 15 is 0 Å². The van der Waals surface area contributed by atoms with E-state index in [9.17, 15) is 4.21 Å². The van der Waals surface area contributed by atoms with Gasteiger partial charge in [-0.3, -0.25) is 4.21 Å². The number of hydrogen-bond acceptors (Lipinski definition) is 2. The van der Waals surface area contributed by atoms with Gasteiger partial charge in [0.2, 0.25) is 0 Å². The molecule has 1 saturated carbocycles. The largest absolute Gasteiger partial charge is 0.316 e. The smallest absolute Gasteiger partial charge is 0.0591 e. The van der Waals surface area contributed by atoms with Crippen molar-refractivity contribution in [3.63, 3.8) is 0 Å². The van der Waals surface area contributed by atoms with E-state index in [-0.39, 0.29) is 5.25 Å². The van der Waals surface area contributed by atoms with Gasteiger partial charge in [0, 0.05) is 6.04 Å². The summed E-state index contributed by atoms with van der Waals surface area (Å²) in [7, 11) is 0.951. The van der Waals surface area contributed by atoms with Crippen LogP contribution >= 0.6 is 11.6 Å². The minimum Gasteiger partial charge on any atom is -0.316 e. The van der Waals surface area contributed by atoms with Crippen LogP contribution in [0.4, 0.5) is 0 Å². The van der Waals surface area contributed by atoms with E-state index in [4.69, 9.17) is 11.6 Å². The summed E-state index contributed by atoms with van der Waals surface area (Å²) in [6.45, 7) is 0. The zero-order valence-corrected chi connectivity index (χ0v) is 13.0. The molecule has 0 heterocycles. The van der Waals surface area contributed by atoms with Crippen LogP contribution in [0.3, 0.4) is 0 Å². The average molecular weight is 300 g/mol. The van der Waals surface area contributed by atoms with Crippen LogP contribution < -0.4 is 5.32 Å². The fourth-order valence-electron chi connectivity index (χ4n) is 2.81. The molecule has 0 bridgehead atoms. The van der Waals surface area contributed by atoms with Gasteiger partial charge in [-0.15, -0.1) is 0 Å². The van der Waals surface area contributed by atoms with Gasteiger partial charge >= 0.3 is 0 Å². The summed E-state index contributed by atoms with van der Waals surface area (Å²) in [5, 5.41) is 4.15. The van der Waals surface area contributed by atoms with Gasteiger partial charge in [0.15, 0.2) is 0 Å². The van der Waals surface area contributed by atoms with Crippen molar-refractivity contribution in [3.05, 3.63) is 29.3 Å². The summed E-state index contributed by atoms with van der Waals surface area (Å²) in [5.74, 6) is 0. The normalized spacial score (nSPS) is 26.4. The van der Waals surface area contributed by atoms with Gasteiger partial charge < -0.3 is 5.32 Å². The third-order valence-corrected chi connectivity index (χ3v) is 6.25. The lowest BCUT2D eigenvalue weighted by molar-refractivity contribution is 0.414. The highest BCUT2D eigenvalue weighted by atomic mass is 35.5. The maximum atomic E-state index is 12.8. The second kappa shape index (κ2) is 7.41. The molecule has 3 atom stereocenters. The van der Waals surface area contributed by atoms with Crippen molar-refractivity contribution in [1.82, 2.24) is 5.32 Å². The maximum Gasteiger partial charge on any atom is 0.0591 e. The fraction of sp³-hybridized carbons (Fsp3) is 0.600. The third kappa shape index (κ3) is 3.80. The number of halogens is 1. The first-order valence-electron chi connectivity index (χ1n) is 7.06. The highest BCUT2D eigenvalue weighted by molar-refractivity contribution is 7.85. The number of hydrogen-bond donors (Lipinski definition) is 1. The van der Waals surface area contributed by atoms with E-state index in [1.807, 2.05) is 31.3 Å². The van der Waals surface area contributed by atoms with Crippen LogP contribution in [0.2, 0.25) is 5.02 Å². The second-order valence-electron chi connectivity index (χ2n) is 5.15.